The van der Waals surface area contributed by atoms with Crippen molar-refractivity contribution in [3.8, 4) is 16.2 Å². The third-order valence-corrected chi connectivity index (χ3v) is 6.40. The van der Waals surface area contributed by atoms with E-state index in [2.05, 4.69) is 5.32 Å². The van der Waals surface area contributed by atoms with Gasteiger partial charge in [0.2, 0.25) is 0 Å². The summed E-state index contributed by atoms with van der Waals surface area (Å²) in [7, 11) is 0. The number of para-hydroxylation sites is 1. The zero-order valence-electron chi connectivity index (χ0n) is 17.6. The van der Waals surface area contributed by atoms with Crippen molar-refractivity contribution in [2.45, 2.75) is 6.92 Å². The Labute approximate surface area is 189 Å². The molecule has 1 aromatic heterocycles. The Hall–Kier alpha value is -3.23. The first kappa shape index (κ1) is 22.0. The molecule has 0 bridgehead atoms. The molecule has 0 spiro atoms. The summed E-state index contributed by atoms with van der Waals surface area (Å²) in [6.45, 7) is 3.48. The Kier molecular flexibility index (Phi) is 6.82. The molecular weight excluding hydrogens is 431 g/mol. The summed E-state index contributed by atoms with van der Waals surface area (Å²) in [5, 5.41) is 3.26. The van der Waals surface area contributed by atoms with E-state index in [1.165, 1.54) is 23.5 Å². The standard InChI is InChI=1S/C24H23FN2O4S/c1-16-21(24(29)27-11-13-30-14-12-27)23(32-22(16)17-7-3-2-4-8-17)26-20(28)15-31-19-10-6-5-9-18(19)25/h2-10H,11-15H2,1H3,(H,26,28). The lowest BCUT2D eigenvalue weighted by Crippen LogP contribution is -2.41. The average Bonchev–Trinajstić information content (AvgIpc) is 3.14. The van der Waals surface area contributed by atoms with Crippen LogP contribution in [0.5, 0.6) is 5.75 Å². The summed E-state index contributed by atoms with van der Waals surface area (Å²) in [5.41, 5.74) is 2.24. The van der Waals surface area contributed by atoms with E-state index in [1.807, 2.05) is 37.3 Å². The van der Waals surface area contributed by atoms with Gasteiger partial charge < -0.3 is 19.7 Å². The topological polar surface area (TPSA) is 67.9 Å². The summed E-state index contributed by atoms with van der Waals surface area (Å²) < 4.78 is 24.4. The minimum Gasteiger partial charge on any atom is -0.481 e. The minimum atomic E-state index is -0.540. The predicted molar refractivity (Wildman–Crippen MR) is 122 cm³/mol. The molecule has 2 aromatic carbocycles. The summed E-state index contributed by atoms with van der Waals surface area (Å²) >= 11 is 1.34. The van der Waals surface area contributed by atoms with Crippen LogP contribution in [0.4, 0.5) is 9.39 Å². The first-order chi connectivity index (χ1) is 15.5. The van der Waals surface area contributed by atoms with E-state index in [0.717, 1.165) is 16.0 Å². The van der Waals surface area contributed by atoms with E-state index < -0.39 is 11.7 Å². The lowest BCUT2D eigenvalue weighted by Gasteiger charge is -2.27. The van der Waals surface area contributed by atoms with Crippen molar-refractivity contribution in [1.82, 2.24) is 4.90 Å². The molecule has 32 heavy (non-hydrogen) atoms. The van der Waals surface area contributed by atoms with Gasteiger partial charge in [0, 0.05) is 18.0 Å². The molecule has 0 saturated carbocycles. The molecule has 0 atom stereocenters. The van der Waals surface area contributed by atoms with Gasteiger partial charge in [-0.25, -0.2) is 4.39 Å². The number of amides is 2. The third-order valence-electron chi connectivity index (χ3n) is 5.14. The number of nitrogens with zero attached hydrogens (tertiary/aromatic N) is 1. The number of benzene rings is 2. The van der Waals surface area contributed by atoms with Gasteiger partial charge in [0.25, 0.3) is 11.8 Å². The summed E-state index contributed by atoms with van der Waals surface area (Å²) in [4.78, 5) is 28.6. The van der Waals surface area contributed by atoms with Crippen molar-refractivity contribution in [2.24, 2.45) is 0 Å². The summed E-state index contributed by atoms with van der Waals surface area (Å²) in [6.07, 6.45) is 0. The highest BCUT2D eigenvalue weighted by Crippen LogP contribution is 2.40. The smallest absolute Gasteiger partial charge is 0.262 e. The highest BCUT2D eigenvalue weighted by Gasteiger charge is 2.28. The van der Waals surface area contributed by atoms with Crippen LogP contribution >= 0.6 is 11.3 Å². The number of anilines is 1. The first-order valence-electron chi connectivity index (χ1n) is 10.3. The molecule has 1 aliphatic rings. The number of hydrogen-bond acceptors (Lipinski definition) is 5. The van der Waals surface area contributed by atoms with Crippen molar-refractivity contribution in [3.63, 3.8) is 0 Å². The number of carbonyl (C=O) groups excluding carboxylic acids is 2. The number of halogens is 1. The van der Waals surface area contributed by atoms with Crippen molar-refractivity contribution >= 4 is 28.2 Å². The number of hydrogen-bond donors (Lipinski definition) is 1. The lowest BCUT2D eigenvalue weighted by molar-refractivity contribution is -0.118. The Morgan fingerprint density at radius 2 is 1.78 bits per heavy atom. The van der Waals surface area contributed by atoms with Crippen molar-refractivity contribution in [3.05, 3.63) is 71.5 Å². The number of thiophene rings is 1. The van der Waals surface area contributed by atoms with Crippen LogP contribution < -0.4 is 10.1 Å². The van der Waals surface area contributed by atoms with Crippen LogP contribution in [0.25, 0.3) is 10.4 Å². The lowest BCUT2D eigenvalue weighted by atomic mass is 10.1. The third kappa shape index (κ3) is 4.81. The minimum absolute atomic E-state index is 0.000369. The first-order valence-corrected chi connectivity index (χ1v) is 11.1. The average molecular weight is 455 g/mol. The summed E-state index contributed by atoms with van der Waals surface area (Å²) in [6, 6.07) is 15.6. The number of morpholine rings is 1. The number of nitrogens with one attached hydrogen (secondary N) is 1. The van der Waals surface area contributed by atoms with Crippen molar-refractivity contribution < 1.29 is 23.5 Å². The van der Waals surface area contributed by atoms with Gasteiger partial charge in [-0.15, -0.1) is 11.3 Å². The monoisotopic (exact) mass is 454 g/mol. The molecule has 166 valence electrons. The molecule has 4 rings (SSSR count). The molecule has 1 saturated heterocycles. The molecule has 1 fully saturated rings. The second-order valence-corrected chi connectivity index (χ2v) is 8.32. The maximum Gasteiger partial charge on any atom is 0.262 e. The highest BCUT2D eigenvalue weighted by atomic mass is 32.1. The van der Waals surface area contributed by atoms with Gasteiger partial charge in [0.1, 0.15) is 5.00 Å². The number of carbonyl (C=O) groups is 2. The molecule has 6 nitrogen and oxygen atoms in total. The molecular formula is C24H23FN2O4S. The van der Waals surface area contributed by atoms with Crippen LogP contribution in [-0.2, 0) is 9.53 Å². The Morgan fingerprint density at radius 3 is 2.50 bits per heavy atom. The predicted octanol–water partition coefficient (Wildman–Crippen LogP) is 4.35. The molecule has 2 amide bonds. The number of rotatable bonds is 6. The molecule has 3 aromatic rings. The zero-order valence-corrected chi connectivity index (χ0v) is 18.4. The van der Waals surface area contributed by atoms with Gasteiger partial charge in [-0.2, -0.15) is 0 Å². The Bertz CT molecular complexity index is 1110. The van der Waals surface area contributed by atoms with Crippen LogP contribution in [0.1, 0.15) is 15.9 Å². The molecule has 1 N–H and O–H groups in total. The Balaban J connectivity index is 1.60. The highest BCUT2D eigenvalue weighted by molar-refractivity contribution is 7.20. The molecule has 1 aliphatic heterocycles. The van der Waals surface area contributed by atoms with Crippen LogP contribution in [0, 0.1) is 12.7 Å². The fourth-order valence-corrected chi connectivity index (χ4v) is 4.74. The van der Waals surface area contributed by atoms with Crippen LogP contribution in [-0.4, -0.2) is 49.6 Å². The summed E-state index contributed by atoms with van der Waals surface area (Å²) in [5.74, 6) is -1.15. The molecule has 2 heterocycles. The Morgan fingerprint density at radius 1 is 1.09 bits per heavy atom. The SMILES string of the molecule is Cc1c(-c2ccccc2)sc(NC(=O)COc2ccccc2F)c1C(=O)N1CCOCC1. The molecule has 0 aliphatic carbocycles. The van der Waals surface area contributed by atoms with Crippen molar-refractivity contribution in [1.29, 1.82) is 0 Å². The van der Waals surface area contributed by atoms with Gasteiger partial charge in [0.05, 0.1) is 18.8 Å². The maximum absolute atomic E-state index is 13.8. The zero-order chi connectivity index (χ0) is 22.5. The van der Waals surface area contributed by atoms with E-state index >= 15 is 0 Å². The second kappa shape index (κ2) is 9.93. The van der Waals surface area contributed by atoms with Gasteiger partial charge in [0.15, 0.2) is 18.2 Å². The molecule has 0 radical (unpaired) electrons. The van der Waals surface area contributed by atoms with E-state index in [0.29, 0.717) is 36.9 Å². The quantitative estimate of drug-likeness (QED) is 0.601. The maximum atomic E-state index is 13.8. The fourth-order valence-electron chi connectivity index (χ4n) is 3.52. The van der Waals surface area contributed by atoms with Gasteiger partial charge in [-0.1, -0.05) is 42.5 Å². The molecule has 8 heteroatoms. The van der Waals surface area contributed by atoms with Crippen LogP contribution in [0.3, 0.4) is 0 Å². The molecule has 0 unspecified atom stereocenters. The van der Waals surface area contributed by atoms with Gasteiger partial charge >= 0.3 is 0 Å². The van der Waals surface area contributed by atoms with Gasteiger partial charge in [-0.05, 0) is 30.2 Å². The second-order valence-electron chi connectivity index (χ2n) is 7.30. The largest absolute Gasteiger partial charge is 0.481 e. The van der Waals surface area contributed by atoms with E-state index in [9.17, 15) is 14.0 Å². The van der Waals surface area contributed by atoms with Gasteiger partial charge in [-0.3, -0.25) is 9.59 Å². The van der Waals surface area contributed by atoms with E-state index in [-0.39, 0.29) is 18.3 Å². The van der Waals surface area contributed by atoms with Crippen molar-refractivity contribution in [2.75, 3.05) is 38.2 Å². The van der Waals surface area contributed by atoms with E-state index in [4.69, 9.17) is 9.47 Å². The van der Waals surface area contributed by atoms with Crippen LogP contribution in [0.2, 0.25) is 0 Å². The fraction of sp³-hybridized carbons (Fsp3) is 0.250. The van der Waals surface area contributed by atoms with Crippen LogP contribution in [0.15, 0.2) is 54.6 Å². The normalized spacial score (nSPS) is 13.6. The van der Waals surface area contributed by atoms with E-state index in [1.54, 1.807) is 17.0 Å². The number of ether oxygens (including phenoxy) is 2.